The van der Waals surface area contributed by atoms with Gasteiger partial charge in [-0.05, 0) is 86.9 Å². The molecule has 0 saturated carbocycles. The molecule has 1 fully saturated rings. The van der Waals surface area contributed by atoms with Gasteiger partial charge in [-0.2, -0.15) is 0 Å². The number of nitrogens with one attached hydrogen (secondary N) is 2. The molecule has 25 heavy (non-hydrogen) atoms. The van der Waals surface area contributed by atoms with E-state index in [1.54, 1.807) is 0 Å². The molecule has 0 unspecified atom stereocenters. The Labute approximate surface area is 156 Å². The first-order valence-electron chi connectivity index (χ1n) is 9.07. The average Bonchev–Trinajstić information content (AvgIpc) is 2.61. The fraction of sp³-hybridized carbons (Fsp3) is 0.381. The van der Waals surface area contributed by atoms with Gasteiger partial charge < -0.3 is 10.6 Å². The molecule has 1 aliphatic heterocycles. The lowest BCUT2D eigenvalue weighted by molar-refractivity contribution is 0.221. The average molecular weight is 354 g/mol. The van der Waals surface area contributed by atoms with Gasteiger partial charge in [-0.1, -0.05) is 30.7 Å². The minimum Gasteiger partial charge on any atom is -0.332 e. The van der Waals surface area contributed by atoms with Crippen LogP contribution in [0.4, 0.5) is 11.4 Å². The maximum absolute atomic E-state index is 5.45. The molecule has 0 atom stereocenters. The topological polar surface area (TPSA) is 27.3 Å². The lowest BCUT2D eigenvalue weighted by atomic mass is 10.1. The molecule has 3 rings (SSSR count). The van der Waals surface area contributed by atoms with Crippen molar-refractivity contribution in [2.75, 3.05) is 23.7 Å². The molecule has 2 aromatic rings. The molecule has 2 N–H and O–H groups in total. The molecule has 0 spiro atoms. The smallest absolute Gasteiger partial charge is 0.175 e. The standard InChI is InChI=1S/C21H27N3S/c1-16-6-7-17(2)20(14-16)23-21(25)22-19-10-8-18(9-11-19)15-24-12-4-3-5-13-24/h6-11,14H,3-5,12-13,15H2,1-2H3,(H2,22,23,25). The number of hydrogen-bond donors (Lipinski definition) is 2. The lowest BCUT2D eigenvalue weighted by Crippen LogP contribution is -2.29. The van der Waals surface area contributed by atoms with E-state index in [1.807, 2.05) is 0 Å². The van der Waals surface area contributed by atoms with Crippen LogP contribution in [0.25, 0.3) is 0 Å². The van der Waals surface area contributed by atoms with Crippen LogP contribution in [-0.4, -0.2) is 23.1 Å². The van der Waals surface area contributed by atoms with Gasteiger partial charge >= 0.3 is 0 Å². The Morgan fingerprint density at radius 2 is 1.68 bits per heavy atom. The number of hydrogen-bond acceptors (Lipinski definition) is 2. The predicted octanol–water partition coefficient (Wildman–Crippen LogP) is 5.10. The van der Waals surface area contributed by atoms with E-state index in [0.717, 1.165) is 17.9 Å². The first-order valence-corrected chi connectivity index (χ1v) is 9.47. The quantitative estimate of drug-likeness (QED) is 0.748. The number of thiocarbonyl (C=S) groups is 1. The first kappa shape index (κ1) is 17.9. The Bertz CT molecular complexity index is 718. The molecule has 0 radical (unpaired) electrons. The molecule has 3 nitrogen and oxygen atoms in total. The molecule has 0 bridgehead atoms. The maximum Gasteiger partial charge on any atom is 0.175 e. The van der Waals surface area contributed by atoms with Crippen LogP contribution < -0.4 is 10.6 Å². The molecule has 1 heterocycles. The zero-order valence-corrected chi connectivity index (χ0v) is 16.0. The number of benzene rings is 2. The van der Waals surface area contributed by atoms with E-state index in [2.05, 4.69) is 71.8 Å². The molecule has 0 amide bonds. The summed E-state index contributed by atoms with van der Waals surface area (Å²) < 4.78 is 0. The fourth-order valence-corrected chi connectivity index (χ4v) is 3.45. The van der Waals surface area contributed by atoms with Gasteiger partial charge in [-0.15, -0.1) is 0 Å². The van der Waals surface area contributed by atoms with Crippen LogP contribution in [0.15, 0.2) is 42.5 Å². The van der Waals surface area contributed by atoms with Gasteiger partial charge in [-0.3, -0.25) is 4.90 Å². The lowest BCUT2D eigenvalue weighted by Gasteiger charge is -2.26. The van der Waals surface area contributed by atoms with Crippen molar-refractivity contribution in [1.82, 2.24) is 4.90 Å². The van der Waals surface area contributed by atoms with Gasteiger partial charge in [0.05, 0.1) is 0 Å². The van der Waals surface area contributed by atoms with Crippen LogP contribution in [0.3, 0.4) is 0 Å². The second-order valence-corrected chi connectivity index (χ2v) is 7.34. The van der Waals surface area contributed by atoms with Gasteiger partial charge in [0, 0.05) is 17.9 Å². The van der Waals surface area contributed by atoms with Gasteiger partial charge in [0.1, 0.15) is 0 Å². The monoisotopic (exact) mass is 353 g/mol. The Balaban J connectivity index is 1.55. The molecule has 4 heteroatoms. The largest absolute Gasteiger partial charge is 0.332 e. The minimum atomic E-state index is 0.623. The second-order valence-electron chi connectivity index (χ2n) is 6.93. The van der Waals surface area contributed by atoms with Crippen LogP contribution in [0, 0.1) is 13.8 Å². The highest BCUT2D eigenvalue weighted by Gasteiger charge is 2.10. The van der Waals surface area contributed by atoms with Gasteiger partial charge in [0.25, 0.3) is 0 Å². The van der Waals surface area contributed by atoms with E-state index in [0.29, 0.717) is 5.11 Å². The number of likely N-dealkylation sites (tertiary alicyclic amines) is 1. The molecule has 1 aliphatic rings. The van der Waals surface area contributed by atoms with Crippen LogP contribution in [0.1, 0.15) is 36.0 Å². The first-order chi connectivity index (χ1) is 12.1. The van der Waals surface area contributed by atoms with E-state index >= 15 is 0 Å². The van der Waals surface area contributed by atoms with E-state index in [4.69, 9.17) is 12.2 Å². The number of anilines is 2. The molecule has 132 valence electrons. The molecule has 0 aliphatic carbocycles. The van der Waals surface area contributed by atoms with Crippen molar-refractivity contribution >= 4 is 28.7 Å². The zero-order chi connectivity index (χ0) is 17.6. The summed E-state index contributed by atoms with van der Waals surface area (Å²) in [4.78, 5) is 2.54. The van der Waals surface area contributed by atoms with Gasteiger partial charge in [0.2, 0.25) is 0 Å². The third kappa shape index (κ3) is 5.28. The minimum absolute atomic E-state index is 0.623. The second kappa shape index (κ2) is 8.45. The number of aryl methyl sites for hydroxylation is 2. The highest BCUT2D eigenvalue weighted by Crippen LogP contribution is 2.18. The molecular weight excluding hydrogens is 326 g/mol. The third-order valence-corrected chi connectivity index (χ3v) is 4.91. The fourth-order valence-electron chi connectivity index (χ4n) is 3.22. The number of rotatable bonds is 4. The maximum atomic E-state index is 5.45. The Kier molecular flexibility index (Phi) is 6.05. The van der Waals surface area contributed by atoms with Crippen molar-refractivity contribution < 1.29 is 0 Å². The SMILES string of the molecule is Cc1ccc(C)c(NC(=S)Nc2ccc(CN3CCCCC3)cc2)c1. The third-order valence-electron chi connectivity index (χ3n) is 4.71. The number of piperidine rings is 1. The van der Waals surface area contributed by atoms with E-state index in [9.17, 15) is 0 Å². The zero-order valence-electron chi connectivity index (χ0n) is 15.1. The van der Waals surface area contributed by atoms with Crippen molar-refractivity contribution in [3.8, 4) is 0 Å². The van der Waals surface area contributed by atoms with E-state index < -0.39 is 0 Å². The van der Waals surface area contributed by atoms with Crippen LogP contribution >= 0.6 is 12.2 Å². The van der Waals surface area contributed by atoms with E-state index in [1.165, 1.54) is 49.0 Å². The summed E-state index contributed by atoms with van der Waals surface area (Å²) in [7, 11) is 0. The summed E-state index contributed by atoms with van der Waals surface area (Å²) in [6, 6.07) is 14.9. The highest BCUT2D eigenvalue weighted by molar-refractivity contribution is 7.80. The summed E-state index contributed by atoms with van der Waals surface area (Å²) in [5, 5.41) is 7.19. The molecule has 0 aromatic heterocycles. The highest BCUT2D eigenvalue weighted by atomic mass is 32.1. The molecule has 1 saturated heterocycles. The Morgan fingerprint density at radius 1 is 0.960 bits per heavy atom. The van der Waals surface area contributed by atoms with Crippen molar-refractivity contribution in [2.24, 2.45) is 0 Å². The summed E-state index contributed by atoms with van der Waals surface area (Å²) in [6.07, 6.45) is 4.04. The summed E-state index contributed by atoms with van der Waals surface area (Å²) in [5.41, 5.74) is 5.84. The Morgan fingerprint density at radius 3 is 2.40 bits per heavy atom. The van der Waals surface area contributed by atoms with Crippen molar-refractivity contribution in [3.05, 3.63) is 59.2 Å². The van der Waals surface area contributed by atoms with Gasteiger partial charge in [0.15, 0.2) is 5.11 Å². The predicted molar refractivity (Wildman–Crippen MR) is 111 cm³/mol. The Hall–Kier alpha value is -1.91. The van der Waals surface area contributed by atoms with Crippen LogP contribution in [-0.2, 0) is 6.54 Å². The normalized spacial score (nSPS) is 15.0. The van der Waals surface area contributed by atoms with Crippen molar-refractivity contribution in [3.63, 3.8) is 0 Å². The van der Waals surface area contributed by atoms with Crippen LogP contribution in [0.5, 0.6) is 0 Å². The van der Waals surface area contributed by atoms with Crippen LogP contribution in [0.2, 0.25) is 0 Å². The van der Waals surface area contributed by atoms with Gasteiger partial charge in [-0.25, -0.2) is 0 Å². The molecule has 2 aromatic carbocycles. The molecular formula is C21H27N3S. The van der Waals surface area contributed by atoms with Crippen molar-refractivity contribution in [1.29, 1.82) is 0 Å². The summed E-state index contributed by atoms with van der Waals surface area (Å²) in [6.45, 7) is 7.67. The van der Waals surface area contributed by atoms with E-state index in [-0.39, 0.29) is 0 Å². The van der Waals surface area contributed by atoms with Crippen molar-refractivity contribution in [2.45, 2.75) is 39.7 Å². The summed E-state index contributed by atoms with van der Waals surface area (Å²) >= 11 is 5.45. The number of nitrogens with zero attached hydrogens (tertiary/aromatic N) is 1. The summed E-state index contributed by atoms with van der Waals surface area (Å²) in [5.74, 6) is 0.